The molecule has 5 heteroatoms. The van der Waals surface area contributed by atoms with Gasteiger partial charge in [0, 0.05) is 17.5 Å². The van der Waals surface area contributed by atoms with Crippen LogP contribution in [0.15, 0.2) is 53.4 Å². The second-order valence-corrected chi connectivity index (χ2v) is 6.89. The first-order valence-electron chi connectivity index (χ1n) is 6.87. The summed E-state index contributed by atoms with van der Waals surface area (Å²) < 4.78 is 31.7. The first-order valence-corrected chi connectivity index (χ1v) is 8.35. The second kappa shape index (κ2) is 5.50. The summed E-state index contributed by atoms with van der Waals surface area (Å²) in [5.41, 5.74) is 2.27. The van der Waals surface area contributed by atoms with Crippen LogP contribution < -0.4 is 9.46 Å². The molecule has 2 aromatic rings. The van der Waals surface area contributed by atoms with Crippen LogP contribution in [0.25, 0.3) is 0 Å². The lowest BCUT2D eigenvalue weighted by Gasteiger charge is -2.26. The smallest absolute Gasteiger partial charge is 0.240 e. The fourth-order valence-corrected chi connectivity index (χ4v) is 3.43. The molecule has 0 spiro atoms. The number of nitrogens with one attached hydrogen (secondary N) is 1. The number of sulfonamides is 1. The largest absolute Gasteiger partial charge is 0.493 e. The Morgan fingerprint density at radius 3 is 2.62 bits per heavy atom. The van der Waals surface area contributed by atoms with Gasteiger partial charge in [-0.1, -0.05) is 36.4 Å². The highest BCUT2D eigenvalue weighted by molar-refractivity contribution is 7.89. The molecule has 0 aliphatic carbocycles. The summed E-state index contributed by atoms with van der Waals surface area (Å²) in [4.78, 5) is 0.234. The fourth-order valence-electron chi connectivity index (χ4n) is 2.69. The number of ether oxygens (including phenoxy) is 1. The standard InChI is InChI=1S/C16H17NO3S/c1-17-21(18,19)13-7-8-15-14(9-10-20-16(15)11-13)12-5-3-2-4-6-12/h2-8,11,14,17H,9-10H2,1H3. The predicted octanol–water partition coefficient (Wildman–Crippen LogP) is 2.51. The highest BCUT2D eigenvalue weighted by atomic mass is 32.2. The van der Waals surface area contributed by atoms with Crippen LogP contribution in [0.3, 0.4) is 0 Å². The van der Waals surface area contributed by atoms with Crippen molar-refractivity contribution in [1.82, 2.24) is 4.72 Å². The van der Waals surface area contributed by atoms with Gasteiger partial charge in [-0.15, -0.1) is 0 Å². The van der Waals surface area contributed by atoms with Crippen LogP contribution >= 0.6 is 0 Å². The Bertz CT molecular complexity index is 741. The Labute approximate surface area is 124 Å². The molecule has 2 aromatic carbocycles. The maximum atomic E-state index is 11.9. The molecule has 0 aromatic heterocycles. The minimum absolute atomic E-state index is 0.234. The van der Waals surface area contributed by atoms with E-state index in [1.807, 2.05) is 24.3 Å². The first kappa shape index (κ1) is 14.1. The molecule has 1 atom stereocenters. The summed E-state index contributed by atoms with van der Waals surface area (Å²) in [6, 6.07) is 15.3. The molecule has 0 fully saturated rings. The number of hydrogen-bond donors (Lipinski definition) is 1. The Hall–Kier alpha value is -1.85. The van der Waals surface area contributed by atoms with Gasteiger partial charge in [-0.25, -0.2) is 13.1 Å². The van der Waals surface area contributed by atoms with Crippen LogP contribution in [0.4, 0.5) is 0 Å². The maximum absolute atomic E-state index is 11.9. The summed E-state index contributed by atoms with van der Waals surface area (Å²) >= 11 is 0. The fraction of sp³-hybridized carbons (Fsp3) is 0.250. The van der Waals surface area contributed by atoms with Crippen molar-refractivity contribution in [2.75, 3.05) is 13.7 Å². The monoisotopic (exact) mass is 303 g/mol. The van der Waals surface area contributed by atoms with E-state index in [4.69, 9.17) is 4.74 Å². The quantitative estimate of drug-likeness (QED) is 0.948. The average Bonchev–Trinajstić information content (AvgIpc) is 2.54. The Kier molecular flexibility index (Phi) is 3.69. The zero-order chi connectivity index (χ0) is 14.9. The van der Waals surface area contributed by atoms with Crippen LogP contribution in [0.5, 0.6) is 5.75 Å². The topological polar surface area (TPSA) is 55.4 Å². The van der Waals surface area contributed by atoms with Crippen molar-refractivity contribution in [3.05, 3.63) is 59.7 Å². The lowest BCUT2D eigenvalue weighted by molar-refractivity contribution is 0.276. The normalized spacial score (nSPS) is 17.9. The molecule has 4 nitrogen and oxygen atoms in total. The number of fused-ring (bicyclic) bond motifs is 1. The van der Waals surface area contributed by atoms with E-state index in [0.717, 1.165) is 12.0 Å². The van der Waals surface area contributed by atoms with Crippen LogP contribution in [-0.2, 0) is 10.0 Å². The van der Waals surface area contributed by atoms with Crippen LogP contribution in [0, 0.1) is 0 Å². The Morgan fingerprint density at radius 1 is 1.14 bits per heavy atom. The molecule has 1 aliphatic heterocycles. The summed E-state index contributed by atoms with van der Waals surface area (Å²) in [5, 5.41) is 0. The molecule has 0 bridgehead atoms. The molecular formula is C16H17NO3S. The van der Waals surface area contributed by atoms with Gasteiger partial charge < -0.3 is 4.74 Å². The van der Waals surface area contributed by atoms with E-state index >= 15 is 0 Å². The molecule has 1 N–H and O–H groups in total. The van der Waals surface area contributed by atoms with Crippen molar-refractivity contribution in [2.45, 2.75) is 17.2 Å². The molecule has 0 amide bonds. The molecule has 0 saturated carbocycles. The summed E-state index contributed by atoms with van der Waals surface area (Å²) in [6.07, 6.45) is 0.898. The summed E-state index contributed by atoms with van der Waals surface area (Å²) in [5.74, 6) is 0.910. The maximum Gasteiger partial charge on any atom is 0.240 e. The highest BCUT2D eigenvalue weighted by Crippen LogP contribution is 2.39. The number of rotatable bonds is 3. The van der Waals surface area contributed by atoms with Crippen molar-refractivity contribution in [3.63, 3.8) is 0 Å². The Morgan fingerprint density at radius 2 is 1.90 bits per heavy atom. The molecule has 1 heterocycles. The first-order chi connectivity index (χ1) is 10.1. The van der Waals surface area contributed by atoms with Crippen LogP contribution in [0.1, 0.15) is 23.5 Å². The number of hydrogen-bond acceptors (Lipinski definition) is 3. The highest BCUT2D eigenvalue weighted by Gasteiger charge is 2.24. The van der Waals surface area contributed by atoms with Crippen molar-refractivity contribution in [3.8, 4) is 5.75 Å². The van der Waals surface area contributed by atoms with E-state index in [9.17, 15) is 8.42 Å². The molecule has 0 radical (unpaired) electrons. The molecule has 0 saturated heterocycles. The van der Waals surface area contributed by atoms with Gasteiger partial charge in [0.25, 0.3) is 0 Å². The zero-order valence-electron chi connectivity index (χ0n) is 11.7. The Balaban J connectivity index is 2.04. The van der Waals surface area contributed by atoms with E-state index in [-0.39, 0.29) is 10.8 Å². The lowest BCUT2D eigenvalue weighted by Crippen LogP contribution is -2.20. The SMILES string of the molecule is CNS(=O)(=O)c1ccc2c(c1)OCCC2c1ccccc1. The average molecular weight is 303 g/mol. The van der Waals surface area contributed by atoms with Crippen LogP contribution in [0.2, 0.25) is 0 Å². The van der Waals surface area contributed by atoms with Crippen molar-refractivity contribution < 1.29 is 13.2 Å². The van der Waals surface area contributed by atoms with Crippen molar-refractivity contribution in [1.29, 1.82) is 0 Å². The van der Waals surface area contributed by atoms with Gasteiger partial charge in [0.1, 0.15) is 5.75 Å². The van der Waals surface area contributed by atoms with E-state index in [0.29, 0.717) is 12.4 Å². The lowest BCUT2D eigenvalue weighted by atomic mass is 9.87. The summed E-state index contributed by atoms with van der Waals surface area (Å²) in [6.45, 7) is 0.593. The van der Waals surface area contributed by atoms with Crippen molar-refractivity contribution >= 4 is 10.0 Å². The second-order valence-electron chi connectivity index (χ2n) is 5.01. The van der Waals surface area contributed by atoms with E-state index in [2.05, 4.69) is 16.9 Å². The molecule has 110 valence electrons. The van der Waals surface area contributed by atoms with E-state index in [1.54, 1.807) is 12.1 Å². The van der Waals surface area contributed by atoms with E-state index in [1.165, 1.54) is 12.6 Å². The van der Waals surface area contributed by atoms with Gasteiger partial charge in [0.2, 0.25) is 10.0 Å². The van der Waals surface area contributed by atoms with Gasteiger partial charge in [0.05, 0.1) is 11.5 Å². The van der Waals surface area contributed by atoms with Gasteiger partial charge in [-0.05, 0) is 25.1 Å². The molecule has 3 rings (SSSR count). The van der Waals surface area contributed by atoms with Gasteiger partial charge >= 0.3 is 0 Å². The molecule has 1 aliphatic rings. The number of benzene rings is 2. The van der Waals surface area contributed by atoms with Gasteiger partial charge in [-0.3, -0.25) is 0 Å². The predicted molar refractivity (Wildman–Crippen MR) is 81.1 cm³/mol. The molecular weight excluding hydrogens is 286 g/mol. The zero-order valence-corrected chi connectivity index (χ0v) is 12.6. The molecule has 21 heavy (non-hydrogen) atoms. The van der Waals surface area contributed by atoms with E-state index < -0.39 is 10.0 Å². The van der Waals surface area contributed by atoms with Gasteiger partial charge in [0.15, 0.2) is 0 Å². The van der Waals surface area contributed by atoms with Gasteiger partial charge in [-0.2, -0.15) is 0 Å². The minimum atomic E-state index is -3.44. The van der Waals surface area contributed by atoms with Crippen LogP contribution in [-0.4, -0.2) is 22.1 Å². The molecule has 1 unspecified atom stereocenters. The third kappa shape index (κ3) is 2.66. The third-order valence-electron chi connectivity index (χ3n) is 3.81. The third-order valence-corrected chi connectivity index (χ3v) is 5.22. The van der Waals surface area contributed by atoms with Crippen molar-refractivity contribution in [2.24, 2.45) is 0 Å². The summed E-state index contributed by atoms with van der Waals surface area (Å²) in [7, 11) is -2.04. The minimum Gasteiger partial charge on any atom is -0.493 e.